The van der Waals surface area contributed by atoms with Gasteiger partial charge in [0.15, 0.2) is 0 Å². The molecule has 0 aromatic heterocycles. The number of carbonyl (C=O) groups is 1. The molecule has 2 unspecified atom stereocenters. The van der Waals surface area contributed by atoms with E-state index in [1.807, 2.05) is 17.0 Å². The van der Waals surface area contributed by atoms with Crippen molar-refractivity contribution in [1.82, 2.24) is 4.90 Å². The Balaban J connectivity index is 1.86. The maximum atomic E-state index is 12.2. The second-order valence-electron chi connectivity index (χ2n) is 5.33. The van der Waals surface area contributed by atoms with Crippen molar-refractivity contribution in [2.45, 2.75) is 31.3 Å². The van der Waals surface area contributed by atoms with E-state index in [0.717, 1.165) is 22.3 Å². The van der Waals surface area contributed by atoms with Crippen molar-refractivity contribution in [2.24, 2.45) is 5.92 Å². The fraction of sp³-hybridized carbons (Fsp3) is 0.533. The van der Waals surface area contributed by atoms with E-state index in [9.17, 15) is 9.90 Å². The molecule has 1 aromatic carbocycles. The number of amides is 1. The van der Waals surface area contributed by atoms with Crippen molar-refractivity contribution in [3.05, 3.63) is 28.2 Å². The molecular formula is C15H20BrNO2S. The van der Waals surface area contributed by atoms with Crippen LogP contribution >= 0.6 is 27.7 Å². The molecule has 1 heterocycles. The van der Waals surface area contributed by atoms with Crippen LogP contribution in [-0.4, -0.2) is 40.9 Å². The number of benzene rings is 1. The maximum absolute atomic E-state index is 12.2. The summed E-state index contributed by atoms with van der Waals surface area (Å²) in [5.41, 5.74) is 1.18. The topological polar surface area (TPSA) is 40.5 Å². The summed E-state index contributed by atoms with van der Waals surface area (Å²) >= 11 is 5.03. The zero-order chi connectivity index (χ0) is 14.7. The molecule has 0 aliphatic carbocycles. The lowest BCUT2D eigenvalue weighted by Crippen LogP contribution is -2.31. The van der Waals surface area contributed by atoms with Crippen LogP contribution in [0.4, 0.5) is 0 Å². The van der Waals surface area contributed by atoms with Gasteiger partial charge in [0.05, 0.1) is 11.9 Å². The third kappa shape index (κ3) is 3.99. The van der Waals surface area contributed by atoms with Gasteiger partial charge in [-0.2, -0.15) is 0 Å². The molecule has 0 radical (unpaired) electrons. The second-order valence-corrected chi connectivity index (χ2v) is 7.26. The standard InChI is InChI=1S/C15H20BrNO2S/c1-10-7-13(16)3-4-14(10)20-9-15(19)17-6-5-12(8-17)11(2)18/h3-4,7,11-12,18H,5-6,8-9H2,1-2H3. The number of hydrogen-bond donors (Lipinski definition) is 1. The van der Waals surface area contributed by atoms with Gasteiger partial charge in [-0.05, 0) is 44.0 Å². The van der Waals surface area contributed by atoms with Gasteiger partial charge >= 0.3 is 0 Å². The number of likely N-dealkylation sites (tertiary alicyclic amines) is 1. The predicted molar refractivity (Wildman–Crippen MR) is 86.0 cm³/mol. The molecule has 1 aliphatic heterocycles. The Morgan fingerprint density at radius 2 is 2.35 bits per heavy atom. The molecule has 110 valence electrons. The van der Waals surface area contributed by atoms with Gasteiger partial charge in [-0.15, -0.1) is 11.8 Å². The molecule has 2 atom stereocenters. The minimum absolute atomic E-state index is 0.167. The summed E-state index contributed by atoms with van der Waals surface area (Å²) in [6.07, 6.45) is 0.583. The van der Waals surface area contributed by atoms with Crippen LogP contribution in [0.15, 0.2) is 27.6 Å². The molecule has 20 heavy (non-hydrogen) atoms. The van der Waals surface area contributed by atoms with Crippen molar-refractivity contribution < 1.29 is 9.90 Å². The number of rotatable bonds is 4. The first-order chi connectivity index (χ1) is 9.47. The molecular weight excluding hydrogens is 338 g/mol. The number of aryl methyl sites for hydroxylation is 1. The van der Waals surface area contributed by atoms with Gasteiger partial charge in [0, 0.05) is 28.4 Å². The second kappa shape index (κ2) is 6.96. The Morgan fingerprint density at radius 1 is 1.60 bits per heavy atom. The van der Waals surface area contributed by atoms with Crippen molar-refractivity contribution in [3.63, 3.8) is 0 Å². The molecule has 2 rings (SSSR count). The van der Waals surface area contributed by atoms with Crippen LogP contribution < -0.4 is 0 Å². The van der Waals surface area contributed by atoms with E-state index in [-0.39, 0.29) is 17.9 Å². The summed E-state index contributed by atoms with van der Waals surface area (Å²) in [6, 6.07) is 6.10. The third-order valence-electron chi connectivity index (χ3n) is 3.75. The first kappa shape index (κ1) is 15.9. The fourth-order valence-corrected chi connectivity index (χ4v) is 3.80. The molecule has 1 aliphatic rings. The number of hydrogen-bond acceptors (Lipinski definition) is 3. The molecule has 1 saturated heterocycles. The predicted octanol–water partition coefficient (Wildman–Crippen LogP) is 3.08. The molecule has 1 amide bonds. The van der Waals surface area contributed by atoms with E-state index in [0.29, 0.717) is 12.3 Å². The summed E-state index contributed by atoms with van der Waals surface area (Å²) in [5, 5.41) is 9.57. The average molecular weight is 358 g/mol. The van der Waals surface area contributed by atoms with Crippen LogP contribution in [0.5, 0.6) is 0 Å². The van der Waals surface area contributed by atoms with Gasteiger partial charge < -0.3 is 10.0 Å². The Morgan fingerprint density at radius 3 is 2.95 bits per heavy atom. The highest BCUT2D eigenvalue weighted by Gasteiger charge is 2.28. The SMILES string of the molecule is Cc1cc(Br)ccc1SCC(=O)N1CCC(C(C)O)C1. The van der Waals surface area contributed by atoms with Gasteiger partial charge in [0.1, 0.15) is 0 Å². The zero-order valence-electron chi connectivity index (χ0n) is 11.8. The Labute approximate surface area is 132 Å². The van der Waals surface area contributed by atoms with E-state index in [1.54, 1.807) is 18.7 Å². The minimum Gasteiger partial charge on any atom is -0.393 e. The number of carbonyl (C=O) groups excluding carboxylic acids is 1. The number of thioether (sulfide) groups is 1. The molecule has 5 heteroatoms. The molecule has 0 spiro atoms. The smallest absolute Gasteiger partial charge is 0.232 e. The van der Waals surface area contributed by atoms with Gasteiger partial charge in [0.25, 0.3) is 0 Å². The van der Waals surface area contributed by atoms with Gasteiger partial charge in [0.2, 0.25) is 5.91 Å². The van der Waals surface area contributed by atoms with Crippen LogP contribution in [-0.2, 0) is 4.79 Å². The zero-order valence-corrected chi connectivity index (χ0v) is 14.2. The summed E-state index contributed by atoms with van der Waals surface area (Å²) in [7, 11) is 0. The lowest BCUT2D eigenvalue weighted by Gasteiger charge is -2.17. The molecule has 0 bridgehead atoms. The van der Waals surface area contributed by atoms with Crippen LogP contribution in [0.3, 0.4) is 0 Å². The number of halogens is 1. The third-order valence-corrected chi connectivity index (χ3v) is 5.40. The van der Waals surface area contributed by atoms with Crippen molar-refractivity contribution in [3.8, 4) is 0 Å². The summed E-state index contributed by atoms with van der Waals surface area (Å²) < 4.78 is 1.06. The van der Waals surface area contributed by atoms with Crippen LogP contribution in [0, 0.1) is 12.8 Å². The highest BCUT2D eigenvalue weighted by atomic mass is 79.9. The number of aliphatic hydroxyl groups excluding tert-OH is 1. The van der Waals surface area contributed by atoms with Crippen LogP contribution in [0.25, 0.3) is 0 Å². The van der Waals surface area contributed by atoms with Gasteiger partial charge in [-0.1, -0.05) is 15.9 Å². The molecule has 0 saturated carbocycles. The molecule has 1 fully saturated rings. The monoisotopic (exact) mass is 357 g/mol. The maximum Gasteiger partial charge on any atom is 0.232 e. The van der Waals surface area contributed by atoms with Gasteiger partial charge in [-0.3, -0.25) is 4.79 Å². The van der Waals surface area contributed by atoms with Crippen molar-refractivity contribution in [2.75, 3.05) is 18.8 Å². The fourth-order valence-electron chi connectivity index (χ4n) is 2.41. The van der Waals surface area contributed by atoms with E-state index < -0.39 is 0 Å². The molecule has 3 nitrogen and oxygen atoms in total. The van der Waals surface area contributed by atoms with Crippen molar-refractivity contribution >= 4 is 33.6 Å². The first-order valence-corrected chi connectivity index (χ1v) is 8.60. The average Bonchev–Trinajstić information content (AvgIpc) is 2.87. The van der Waals surface area contributed by atoms with E-state index in [1.165, 1.54) is 5.56 Å². The van der Waals surface area contributed by atoms with Crippen molar-refractivity contribution in [1.29, 1.82) is 0 Å². The summed E-state index contributed by atoms with van der Waals surface area (Å²) in [6.45, 7) is 5.32. The number of nitrogens with zero attached hydrogens (tertiary/aromatic N) is 1. The number of aliphatic hydroxyl groups is 1. The summed E-state index contributed by atoms with van der Waals surface area (Å²) in [5.74, 6) is 0.869. The Kier molecular flexibility index (Phi) is 5.52. The lowest BCUT2D eigenvalue weighted by atomic mass is 10.0. The van der Waals surface area contributed by atoms with E-state index in [2.05, 4.69) is 28.9 Å². The normalized spacial score (nSPS) is 20.2. The Bertz CT molecular complexity index is 493. The highest BCUT2D eigenvalue weighted by Crippen LogP contribution is 2.27. The van der Waals surface area contributed by atoms with E-state index in [4.69, 9.17) is 0 Å². The quantitative estimate of drug-likeness (QED) is 0.841. The lowest BCUT2D eigenvalue weighted by molar-refractivity contribution is -0.127. The largest absolute Gasteiger partial charge is 0.393 e. The Hall–Kier alpha value is -0.520. The van der Waals surface area contributed by atoms with Crippen LogP contribution in [0.1, 0.15) is 18.9 Å². The molecule has 1 N–H and O–H groups in total. The van der Waals surface area contributed by atoms with E-state index >= 15 is 0 Å². The molecule has 1 aromatic rings. The summed E-state index contributed by atoms with van der Waals surface area (Å²) in [4.78, 5) is 15.2. The van der Waals surface area contributed by atoms with Crippen LogP contribution in [0.2, 0.25) is 0 Å². The van der Waals surface area contributed by atoms with Gasteiger partial charge in [-0.25, -0.2) is 0 Å². The first-order valence-electron chi connectivity index (χ1n) is 6.82. The minimum atomic E-state index is -0.325. The highest BCUT2D eigenvalue weighted by molar-refractivity contribution is 9.10.